The number of ketones is 1. The number of ether oxygens (including phenoxy) is 1. The maximum absolute atomic E-state index is 11.9. The Balaban J connectivity index is 1.58. The van der Waals surface area contributed by atoms with Crippen LogP contribution < -0.4 is 0 Å². The minimum absolute atomic E-state index is 0.101. The van der Waals surface area contributed by atoms with Crippen LogP contribution in [0.25, 0.3) is 0 Å². The first kappa shape index (κ1) is 12.8. The number of carbonyl (C=O) groups excluding carboxylic acids is 1. The summed E-state index contributed by atoms with van der Waals surface area (Å²) in [6.07, 6.45) is 2.70. The van der Waals surface area contributed by atoms with E-state index < -0.39 is 6.10 Å². The molecule has 1 N–H and O–H groups in total. The molecule has 0 saturated heterocycles. The average molecular weight is 260 g/mol. The summed E-state index contributed by atoms with van der Waals surface area (Å²) < 4.78 is 5.81. The molecule has 0 unspecified atom stereocenters. The second-order valence-electron chi connectivity index (χ2n) is 6.04. The number of fused-ring (bicyclic) bond motifs is 3. The summed E-state index contributed by atoms with van der Waals surface area (Å²) in [5.74, 6) is 0.129. The number of carbonyl (C=O) groups is 1. The van der Waals surface area contributed by atoms with Crippen molar-refractivity contribution in [2.24, 2.45) is 11.3 Å². The Morgan fingerprint density at radius 1 is 1.32 bits per heavy atom. The van der Waals surface area contributed by atoms with Crippen molar-refractivity contribution in [3.8, 4) is 0 Å². The van der Waals surface area contributed by atoms with E-state index in [-0.39, 0.29) is 17.1 Å². The van der Waals surface area contributed by atoms with Crippen LogP contribution in [0.5, 0.6) is 0 Å². The summed E-state index contributed by atoms with van der Waals surface area (Å²) in [7, 11) is 0. The molecule has 3 saturated carbocycles. The summed E-state index contributed by atoms with van der Waals surface area (Å²) in [6, 6.07) is 10.1. The molecule has 0 amide bonds. The topological polar surface area (TPSA) is 46.5 Å². The van der Waals surface area contributed by atoms with Crippen molar-refractivity contribution in [3.05, 3.63) is 35.9 Å². The lowest BCUT2D eigenvalue weighted by Crippen LogP contribution is -2.50. The van der Waals surface area contributed by atoms with E-state index in [2.05, 4.69) is 0 Å². The number of aliphatic hydroxyl groups is 1. The van der Waals surface area contributed by atoms with Crippen LogP contribution in [0.2, 0.25) is 0 Å². The summed E-state index contributed by atoms with van der Waals surface area (Å²) in [4.78, 5) is 11.9. The van der Waals surface area contributed by atoms with Gasteiger partial charge in [0.2, 0.25) is 0 Å². The Hall–Kier alpha value is -1.19. The first-order valence-electron chi connectivity index (χ1n) is 7.01. The van der Waals surface area contributed by atoms with Crippen LogP contribution in [0.4, 0.5) is 0 Å². The molecule has 0 aliphatic heterocycles. The molecule has 0 heterocycles. The van der Waals surface area contributed by atoms with Crippen LogP contribution in [0.3, 0.4) is 0 Å². The smallest absolute Gasteiger partial charge is 0.139 e. The van der Waals surface area contributed by atoms with Crippen molar-refractivity contribution in [2.45, 2.75) is 38.4 Å². The molecule has 3 fully saturated rings. The monoisotopic (exact) mass is 260 g/mol. The maximum atomic E-state index is 11.9. The van der Waals surface area contributed by atoms with Crippen LogP contribution >= 0.6 is 0 Å². The lowest BCUT2D eigenvalue weighted by atomic mass is 9.59. The fourth-order valence-electron chi connectivity index (χ4n) is 3.52. The zero-order valence-electron chi connectivity index (χ0n) is 11.0. The molecular formula is C16H20O3. The molecule has 1 aromatic rings. The third kappa shape index (κ3) is 2.58. The Morgan fingerprint density at radius 3 is 2.79 bits per heavy atom. The summed E-state index contributed by atoms with van der Waals surface area (Å²) in [6.45, 7) is 1.16. The van der Waals surface area contributed by atoms with Crippen LogP contribution in [0.1, 0.15) is 31.2 Å². The Labute approximate surface area is 113 Å². The van der Waals surface area contributed by atoms with Crippen molar-refractivity contribution in [1.29, 1.82) is 0 Å². The summed E-state index contributed by atoms with van der Waals surface area (Å²) >= 11 is 0. The van der Waals surface area contributed by atoms with Gasteiger partial charge in [0.15, 0.2) is 0 Å². The fourth-order valence-corrected chi connectivity index (χ4v) is 3.52. The van der Waals surface area contributed by atoms with Gasteiger partial charge in [-0.3, -0.25) is 4.79 Å². The fraction of sp³-hybridized carbons (Fsp3) is 0.562. The molecule has 3 nitrogen and oxygen atoms in total. The van der Waals surface area contributed by atoms with E-state index >= 15 is 0 Å². The van der Waals surface area contributed by atoms with E-state index in [1.54, 1.807) is 0 Å². The van der Waals surface area contributed by atoms with Crippen molar-refractivity contribution >= 4 is 5.78 Å². The summed E-state index contributed by atoms with van der Waals surface area (Å²) in [5, 5.41) is 9.97. The molecule has 3 atom stereocenters. The minimum atomic E-state index is -0.449. The largest absolute Gasteiger partial charge is 0.392 e. The molecule has 19 heavy (non-hydrogen) atoms. The van der Waals surface area contributed by atoms with E-state index in [4.69, 9.17) is 4.74 Å². The molecule has 3 heteroatoms. The highest BCUT2D eigenvalue weighted by Crippen LogP contribution is 2.48. The first-order chi connectivity index (χ1) is 9.19. The standard InChI is InChI=1S/C16H20O3/c17-14-8-16(7-6-13(14)15(18)9-16)11-19-10-12-4-2-1-3-5-12/h1-5,13-14,17H,6-11H2/t13-,14+,16-/m1/s1. The number of benzene rings is 1. The third-order valence-corrected chi connectivity index (χ3v) is 4.57. The molecule has 102 valence electrons. The first-order valence-corrected chi connectivity index (χ1v) is 7.01. The Kier molecular flexibility index (Phi) is 3.42. The molecule has 2 bridgehead atoms. The highest BCUT2D eigenvalue weighted by atomic mass is 16.5. The number of hydrogen-bond donors (Lipinski definition) is 1. The number of aliphatic hydroxyl groups excluding tert-OH is 1. The van der Waals surface area contributed by atoms with Crippen molar-refractivity contribution in [3.63, 3.8) is 0 Å². The van der Waals surface area contributed by atoms with Crippen LogP contribution in [-0.2, 0) is 16.1 Å². The van der Waals surface area contributed by atoms with Gasteiger partial charge in [0.1, 0.15) is 5.78 Å². The molecular weight excluding hydrogens is 240 g/mol. The van der Waals surface area contributed by atoms with E-state index in [9.17, 15) is 9.90 Å². The van der Waals surface area contributed by atoms with Crippen LogP contribution in [0, 0.1) is 11.3 Å². The van der Waals surface area contributed by atoms with Crippen LogP contribution in [-0.4, -0.2) is 23.6 Å². The van der Waals surface area contributed by atoms with E-state index in [0.717, 1.165) is 24.8 Å². The zero-order valence-corrected chi connectivity index (χ0v) is 11.0. The van der Waals surface area contributed by atoms with Gasteiger partial charge >= 0.3 is 0 Å². The van der Waals surface area contributed by atoms with Gasteiger partial charge in [0.05, 0.1) is 19.3 Å². The normalized spacial score (nSPS) is 33.6. The van der Waals surface area contributed by atoms with Crippen molar-refractivity contribution in [1.82, 2.24) is 0 Å². The van der Waals surface area contributed by atoms with Crippen molar-refractivity contribution in [2.75, 3.05) is 6.61 Å². The van der Waals surface area contributed by atoms with Crippen LogP contribution in [0.15, 0.2) is 30.3 Å². The lowest BCUT2D eigenvalue weighted by molar-refractivity contribution is -0.149. The molecule has 3 aliphatic rings. The van der Waals surface area contributed by atoms with Gasteiger partial charge in [-0.05, 0) is 24.8 Å². The predicted octanol–water partition coefficient (Wildman–Crippen LogP) is 2.32. The number of rotatable bonds is 4. The van der Waals surface area contributed by atoms with Gasteiger partial charge in [-0.15, -0.1) is 0 Å². The lowest BCUT2D eigenvalue weighted by Gasteiger charge is -2.47. The predicted molar refractivity (Wildman–Crippen MR) is 71.5 cm³/mol. The highest BCUT2D eigenvalue weighted by Gasteiger charge is 2.49. The molecule has 0 radical (unpaired) electrons. The molecule has 1 aromatic carbocycles. The van der Waals surface area contributed by atoms with Crippen molar-refractivity contribution < 1.29 is 14.6 Å². The number of hydrogen-bond acceptors (Lipinski definition) is 3. The highest BCUT2D eigenvalue weighted by molar-refractivity contribution is 5.84. The minimum Gasteiger partial charge on any atom is -0.392 e. The van der Waals surface area contributed by atoms with Gasteiger partial charge in [-0.25, -0.2) is 0 Å². The SMILES string of the molecule is O=C1C[C@@]2(COCc3ccccc3)CC[C@@H]1[C@@H](O)C2. The Morgan fingerprint density at radius 2 is 2.11 bits per heavy atom. The average Bonchev–Trinajstić information content (AvgIpc) is 2.39. The van der Waals surface area contributed by atoms with Gasteiger partial charge < -0.3 is 9.84 Å². The molecule has 0 aromatic heterocycles. The van der Waals surface area contributed by atoms with Gasteiger partial charge in [-0.1, -0.05) is 30.3 Å². The van der Waals surface area contributed by atoms with E-state index in [0.29, 0.717) is 19.6 Å². The van der Waals surface area contributed by atoms with E-state index in [1.165, 1.54) is 0 Å². The quantitative estimate of drug-likeness (QED) is 0.903. The second kappa shape index (κ2) is 5.06. The van der Waals surface area contributed by atoms with Gasteiger partial charge in [0, 0.05) is 17.8 Å². The molecule has 4 rings (SSSR count). The number of Topliss-reactive ketones (excluding diaryl/α,β-unsaturated/α-hetero) is 1. The molecule has 0 spiro atoms. The van der Waals surface area contributed by atoms with E-state index in [1.807, 2.05) is 30.3 Å². The zero-order chi connectivity index (χ0) is 13.3. The summed E-state index contributed by atoms with van der Waals surface area (Å²) in [5.41, 5.74) is 1.04. The maximum Gasteiger partial charge on any atom is 0.139 e. The van der Waals surface area contributed by atoms with Gasteiger partial charge in [0.25, 0.3) is 0 Å². The Bertz CT molecular complexity index is 456. The molecule has 3 aliphatic carbocycles. The van der Waals surface area contributed by atoms with Gasteiger partial charge in [-0.2, -0.15) is 0 Å². The second-order valence-corrected chi connectivity index (χ2v) is 6.04. The third-order valence-electron chi connectivity index (χ3n) is 4.57.